The summed E-state index contributed by atoms with van der Waals surface area (Å²) >= 11 is 0. The molecule has 0 amide bonds. The summed E-state index contributed by atoms with van der Waals surface area (Å²) in [5.41, 5.74) is 2.15. The van der Waals surface area contributed by atoms with Crippen molar-refractivity contribution in [1.29, 1.82) is 0 Å². The normalized spacial score (nSPS) is 16.5. The van der Waals surface area contributed by atoms with Crippen LogP contribution < -0.4 is 10.1 Å². The van der Waals surface area contributed by atoms with Crippen LogP contribution in [0.3, 0.4) is 0 Å². The molecule has 0 saturated carbocycles. The van der Waals surface area contributed by atoms with Crippen LogP contribution in [0.2, 0.25) is 0 Å². The Morgan fingerprint density at radius 2 is 2.33 bits per heavy atom. The highest BCUT2D eigenvalue weighted by Gasteiger charge is 2.20. The molecule has 1 N–H and O–H groups in total. The average molecular weight is 211 g/mol. The third-order valence-electron chi connectivity index (χ3n) is 2.69. The molecule has 1 aliphatic rings. The van der Waals surface area contributed by atoms with E-state index in [0.29, 0.717) is 6.04 Å². The Kier molecular flexibility index (Phi) is 2.93. The lowest BCUT2D eigenvalue weighted by Gasteiger charge is -2.26. The lowest BCUT2D eigenvalue weighted by Crippen LogP contribution is -2.45. The fourth-order valence-corrected chi connectivity index (χ4v) is 1.74. The predicted octanol–water partition coefficient (Wildman–Crippen LogP) is 0.226. The maximum atomic E-state index is 5.31. The number of aryl methyl sites for hydroxylation is 2. The first-order valence-corrected chi connectivity index (χ1v) is 5.10. The molecule has 2 heterocycles. The number of aromatic nitrogens is 2. The van der Waals surface area contributed by atoms with Crippen molar-refractivity contribution in [3.63, 3.8) is 0 Å². The monoisotopic (exact) mass is 211 g/mol. The number of nitrogens with one attached hydrogen (secondary N) is 1. The molecule has 0 spiro atoms. The van der Waals surface area contributed by atoms with Gasteiger partial charge in [0, 0.05) is 13.6 Å². The summed E-state index contributed by atoms with van der Waals surface area (Å²) in [6.45, 7) is 4.40. The predicted molar refractivity (Wildman–Crippen MR) is 55.9 cm³/mol. The van der Waals surface area contributed by atoms with E-state index in [1.165, 1.54) is 0 Å². The van der Waals surface area contributed by atoms with Crippen LogP contribution in [0, 0.1) is 6.92 Å². The van der Waals surface area contributed by atoms with Crippen LogP contribution in [0.1, 0.15) is 11.3 Å². The third-order valence-corrected chi connectivity index (χ3v) is 2.69. The van der Waals surface area contributed by atoms with Gasteiger partial charge in [0.25, 0.3) is 0 Å². The van der Waals surface area contributed by atoms with Crippen molar-refractivity contribution in [1.82, 2.24) is 15.1 Å². The molecule has 15 heavy (non-hydrogen) atoms. The van der Waals surface area contributed by atoms with Crippen molar-refractivity contribution < 1.29 is 9.47 Å². The zero-order chi connectivity index (χ0) is 10.8. The van der Waals surface area contributed by atoms with Crippen molar-refractivity contribution in [2.24, 2.45) is 7.05 Å². The molecule has 1 fully saturated rings. The molecule has 0 radical (unpaired) electrons. The first-order chi connectivity index (χ1) is 7.22. The zero-order valence-electron chi connectivity index (χ0n) is 9.41. The average Bonchev–Trinajstić information content (AvgIpc) is 2.39. The second-order valence-corrected chi connectivity index (χ2v) is 3.81. The van der Waals surface area contributed by atoms with Crippen LogP contribution in [0.4, 0.5) is 0 Å². The summed E-state index contributed by atoms with van der Waals surface area (Å²) in [4.78, 5) is 0. The second-order valence-electron chi connectivity index (χ2n) is 3.81. The Labute approximate surface area is 89.4 Å². The van der Waals surface area contributed by atoms with Crippen LogP contribution in [0.25, 0.3) is 0 Å². The Balaban J connectivity index is 2.04. The van der Waals surface area contributed by atoms with Gasteiger partial charge in [0.1, 0.15) is 0 Å². The molecule has 0 atom stereocenters. The molecule has 5 nitrogen and oxygen atoms in total. The molecule has 1 aromatic heterocycles. The van der Waals surface area contributed by atoms with E-state index in [-0.39, 0.29) is 0 Å². The van der Waals surface area contributed by atoms with Crippen molar-refractivity contribution in [3.05, 3.63) is 11.3 Å². The number of ether oxygens (including phenoxy) is 2. The van der Waals surface area contributed by atoms with E-state index in [2.05, 4.69) is 10.4 Å². The highest BCUT2D eigenvalue weighted by molar-refractivity contribution is 5.30. The van der Waals surface area contributed by atoms with E-state index in [9.17, 15) is 0 Å². The SMILES string of the molecule is COc1c(CNC2COC2)c(C)nn1C. The number of nitrogens with zero attached hydrogens (tertiary/aromatic N) is 2. The number of hydrogen-bond acceptors (Lipinski definition) is 4. The van der Waals surface area contributed by atoms with Gasteiger partial charge in [-0.05, 0) is 6.92 Å². The summed E-state index contributed by atoms with van der Waals surface area (Å²) in [5, 5.41) is 7.73. The molecule has 84 valence electrons. The molecular formula is C10H17N3O2. The standard InChI is InChI=1S/C10H17N3O2/c1-7-9(4-11-8-5-15-6-8)10(14-3)13(2)12-7/h8,11H,4-6H2,1-3H3. The molecular weight excluding hydrogens is 194 g/mol. The van der Waals surface area contributed by atoms with Gasteiger partial charge in [-0.25, -0.2) is 4.68 Å². The lowest BCUT2D eigenvalue weighted by molar-refractivity contribution is -0.00587. The van der Waals surface area contributed by atoms with Crippen molar-refractivity contribution >= 4 is 0 Å². The van der Waals surface area contributed by atoms with Gasteiger partial charge >= 0.3 is 0 Å². The zero-order valence-corrected chi connectivity index (χ0v) is 9.41. The van der Waals surface area contributed by atoms with E-state index in [0.717, 1.165) is 36.9 Å². The maximum absolute atomic E-state index is 5.31. The molecule has 2 rings (SSSR count). The van der Waals surface area contributed by atoms with Gasteiger partial charge in [-0.3, -0.25) is 0 Å². The second kappa shape index (κ2) is 4.20. The van der Waals surface area contributed by atoms with Crippen LogP contribution in [-0.2, 0) is 18.3 Å². The maximum Gasteiger partial charge on any atom is 0.216 e. The highest BCUT2D eigenvalue weighted by atomic mass is 16.5. The summed E-state index contributed by atoms with van der Waals surface area (Å²) in [5.74, 6) is 0.834. The van der Waals surface area contributed by atoms with E-state index < -0.39 is 0 Å². The molecule has 0 bridgehead atoms. The van der Waals surface area contributed by atoms with Gasteiger partial charge in [-0.15, -0.1) is 0 Å². The van der Waals surface area contributed by atoms with Gasteiger partial charge < -0.3 is 14.8 Å². The number of methoxy groups -OCH3 is 1. The Hall–Kier alpha value is -1.07. The first-order valence-electron chi connectivity index (χ1n) is 5.10. The minimum Gasteiger partial charge on any atom is -0.481 e. The van der Waals surface area contributed by atoms with E-state index in [1.807, 2.05) is 14.0 Å². The van der Waals surface area contributed by atoms with Crippen molar-refractivity contribution in [3.8, 4) is 5.88 Å². The Bertz CT molecular complexity index is 345. The van der Waals surface area contributed by atoms with Gasteiger partial charge in [0.05, 0.1) is 37.6 Å². The minimum atomic E-state index is 0.481. The quantitative estimate of drug-likeness (QED) is 0.774. The van der Waals surface area contributed by atoms with E-state index >= 15 is 0 Å². The van der Waals surface area contributed by atoms with E-state index in [1.54, 1.807) is 11.8 Å². The fraction of sp³-hybridized carbons (Fsp3) is 0.700. The smallest absolute Gasteiger partial charge is 0.216 e. The van der Waals surface area contributed by atoms with Crippen molar-refractivity contribution in [2.45, 2.75) is 19.5 Å². The molecule has 1 saturated heterocycles. The van der Waals surface area contributed by atoms with Gasteiger partial charge in [-0.1, -0.05) is 0 Å². The summed E-state index contributed by atoms with van der Waals surface area (Å²) < 4.78 is 12.2. The molecule has 1 aromatic rings. The van der Waals surface area contributed by atoms with Crippen LogP contribution >= 0.6 is 0 Å². The molecule has 5 heteroatoms. The van der Waals surface area contributed by atoms with Gasteiger partial charge in [0.15, 0.2) is 0 Å². The Morgan fingerprint density at radius 3 is 2.87 bits per heavy atom. The number of hydrogen-bond donors (Lipinski definition) is 1. The van der Waals surface area contributed by atoms with Crippen LogP contribution in [0.5, 0.6) is 5.88 Å². The largest absolute Gasteiger partial charge is 0.481 e. The molecule has 1 aliphatic heterocycles. The Morgan fingerprint density at radius 1 is 1.60 bits per heavy atom. The highest BCUT2D eigenvalue weighted by Crippen LogP contribution is 2.20. The minimum absolute atomic E-state index is 0.481. The van der Waals surface area contributed by atoms with Gasteiger partial charge in [0.2, 0.25) is 5.88 Å². The fourth-order valence-electron chi connectivity index (χ4n) is 1.74. The van der Waals surface area contributed by atoms with E-state index in [4.69, 9.17) is 9.47 Å². The first kappa shape index (κ1) is 10.4. The van der Waals surface area contributed by atoms with Gasteiger partial charge in [-0.2, -0.15) is 5.10 Å². The van der Waals surface area contributed by atoms with Crippen molar-refractivity contribution in [2.75, 3.05) is 20.3 Å². The lowest BCUT2D eigenvalue weighted by atomic mass is 10.2. The molecule has 0 aliphatic carbocycles. The molecule has 0 aromatic carbocycles. The topological polar surface area (TPSA) is 48.3 Å². The van der Waals surface area contributed by atoms with Crippen LogP contribution in [0.15, 0.2) is 0 Å². The number of rotatable bonds is 4. The summed E-state index contributed by atoms with van der Waals surface area (Å²) in [6.07, 6.45) is 0. The summed E-state index contributed by atoms with van der Waals surface area (Å²) in [7, 11) is 3.56. The summed E-state index contributed by atoms with van der Waals surface area (Å²) in [6, 6.07) is 0.481. The van der Waals surface area contributed by atoms with Crippen LogP contribution in [-0.4, -0.2) is 36.1 Å². The molecule has 0 unspecified atom stereocenters. The third kappa shape index (κ3) is 1.98.